The zero-order valence-corrected chi connectivity index (χ0v) is 18.4. The van der Waals surface area contributed by atoms with E-state index in [9.17, 15) is 9.18 Å². The first-order valence-electron chi connectivity index (χ1n) is 11.3. The van der Waals surface area contributed by atoms with Gasteiger partial charge in [0.15, 0.2) is 0 Å². The zero-order chi connectivity index (χ0) is 22.3. The summed E-state index contributed by atoms with van der Waals surface area (Å²) >= 11 is 0. The third kappa shape index (κ3) is 5.29. The van der Waals surface area contributed by atoms with Crippen LogP contribution in [0.1, 0.15) is 18.4 Å². The topological polar surface area (TPSA) is 63.7 Å². The Morgan fingerprint density at radius 3 is 2.62 bits per heavy atom. The lowest BCUT2D eigenvalue weighted by Gasteiger charge is -2.36. The van der Waals surface area contributed by atoms with Gasteiger partial charge >= 0.3 is 5.97 Å². The lowest BCUT2D eigenvalue weighted by molar-refractivity contribution is -0.144. The average molecular weight is 439 g/mol. The predicted molar refractivity (Wildman–Crippen MR) is 125 cm³/mol. The Bertz CT molecular complexity index is 1040. The van der Waals surface area contributed by atoms with Gasteiger partial charge in [0.25, 0.3) is 0 Å². The van der Waals surface area contributed by atoms with E-state index in [0.717, 1.165) is 38.2 Å². The minimum atomic E-state index is -0.174. The molecular formula is C25H31FN4O2. The minimum absolute atomic E-state index is 0.166. The standard InChI is InChI=1S/C25H31FN4O2/c26-22-6-2-1-5-20(22)19-30-12-10-21-23(7-3-8-24(21)30)29-15-13-28(14-16-29)17-18-32-25(31)9-4-11-27/h1-3,5-8,10,12H,4,9,11,13-19,27H2. The molecule has 170 valence electrons. The maximum atomic E-state index is 14.1. The number of fused-ring (bicyclic) bond motifs is 1. The molecule has 2 heterocycles. The van der Waals surface area contributed by atoms with Crippen LogP contribution in [0.5, 0.6) is 0 Å². The third-order valence-corrected chi connectivity index (χ3v) is 6.06. The molecule has 7 heteroatoms. The molecule has 2 aromatic carbocycles. The van der Waals surface area contributed by atoms with Crippen LogP contribution in [0.4, 0.5) is 10.1 Å². The Kier molecular flexibility index (Phi) is 7.39. The lowest BCUT2D eigenvalue weighted by Crippen LogP contribution is -2.47. The van der Waals surface area contributed by atoms with Gasteiger partial charge < -0.3 is 19.9 Å². The highest BCUT2D eigenvalue weighted by Gasteiger charge is 2.19. The highest BCUT2D eigenvalue weighted by Crippen LogP contribution is 2.29. The summed E-state index contributed by atoms with van der Waals surface area (Å²) in [5.41, 5.74) is 8.43. The highest BCUT2D eigenvalue weighted by atomic mass is 19.1. The molecule has 0 saturated carbocycles. The number of esters is 1. The van der Waals surface area contributed by atoms with Gasteiger partial charge in [-0.2, -0.15) is 0 Å². The molecule has 4 rings (SSSR count). The van der Waals surface area contributed by atoms with Gasteiger partial charge in [0.05, 0.1) is 12.1 Å². The molecule has 32 heavy (non-hydrogen) atoms. The van der Waals surface area contributed by atoms with E-state index in [1.807, 2.05) is 18.3 Å². The monoisotopic (exact) mass is 438 g/mol. The van der Waals surface area contributed by atoms with Crippen molar-refractivity contribution in [3.8, 4) is 0 Å². The first-order chi connectivity index (χ1) is 15.7. The van der Waals surface area contributed by atoms with Gasteiger partial charge in [-0.05, 0) is 37.2 Å². The van der Waals surface area contributed by atoms with Crippen LogP contribution >= 0.6 is 0 Å². The maximum absolute atomic E-state index is 14.1. The Balaban J connectivity index is 1.35. The second-order valence-corrected chi connectivity index (χ2v) is 8.19. The number of hydrogen-bond donors (Lipinski definition) is 1. The number of ether oxygens (including phenoxy) is 1. The molecule has 0 bridgehead atoms. The van der Waals surface area contributed by atoms with E-state index in [1.165, 1.54) is 17.1 Å². The number of aromatic nitrogens is 1. The molecular weight excluding hydrogens is 407 g/mol. The average Bonchev–Trinajstić information content (AvgIpc) is 3.23. The molecule has 3 aromatic rings. The van der Waals surface area contributed by atoms with Crippen LogP contribution in [0.3, 0.4) is 0 Å². The second-order valence-electron chi connectivity index (χ2n) is 8.19. The maximum Gasteiger partial charge on any atom is 0.305 e. The van der Waals surface area contributed by atoms with Crippen LogP contribution in [0.15, 0.2) is 54.7 Å². The number of rotatable bonds is 9. The summed E-state index contributed by atoms with van der Waals surface area (Å²) in [6.07, 6.45) is 3.10. The second kappa shape index (κ2) is 10.6. The molecule has 0 amide bonds. The van der Waals surface area contributed by atoms with Crippen LogP contribution in [-0.4, -0.2) is 61.3 Å². The molecule has 1 aromatic heterocycles. The number of benzene rings is 2. The summed E-state index contributed by atoms with van der Waals surface area (Å²) in [6.45, 7) is 5.88. The quantitative estimate of drug-likeness (QED) is 0.520. The Morgan fingerprint density at radius 2 is 1.84 bits per heavy atom. The van der Waals surface area contributed by atoms with Crippen molar-refractivity contribution < 1.29 is 13.9 Å². The summed E-state index contributed by atoms with van der Waals surface area (Å²) in [5.74, 6) is -0.340. The number of hydrogen-bond acceptors (Lipinski definition) is 5. The minimum Gasteiger partial charge on any atom is -0.464 e. The van der Waals surface area contributed by atoms with E-state index >= 15 is 0 Å². The summed E-state index contributed by atoms with van der Waals surface area (Å²) < 4.78 is 21.5. The number of carbonyl (C=O) groups excluding carboxylic acids is 1. The Morgan fingerprint density at radius 1 is 1.03 bits per heavy atom. The van der Waals surface area contributed by atoms with Crippen molar-refractivity contribution in [1.29, 1.82) is 0 Å². The van der Waals surface area contributed by atoms with Crippen LogP contribution < -0.4 is 10.6 Å². The van der Waals surface area contributed by atoms with Crippen LogP contribution in [-0.2, 0) is 16.1 Å². The summed E-state index contributed by atoms with van der Waals surface area (Å²) in [7, 11) is 0. The molecule has 1 aliphatic heterocycles. The van der Waals surface area contributed by atoms with E-state index < -0.39 is 0 Å². The normalized spacial score (nSPS) is 14.8. The zero-order valence-electron chi connectivity index (χ0n) is 18.4. The molecule has 1 fully saturated rings. The molecule has 6 nitrogen and oxygen atoms in total. The van der Waals surface area contributed by atoms with Crippen LogP contribution in [0.2, 0.25) is 0 Å². The summed E-state index contributed by atoms with van der Waals surface area (Å²) in [6, 6.07) is 15.4. The van der Waals surface area contributed by atoms with E-state index in [1.54, 1.807) is 6.07 Å². The fourth-order valence-electron chi connectivity index (χ4n) is 4.25. The van der Waals surface area contributed by atoms with Crippen molar-refractivity contribution in [3.63, 3.8) is 0 Å². The first-order valence-corrected chi connectivity index (χ1v) is 11.3. The number of nitrogens with zero attached hydrogens (tertiary/aromatic N) is 3. The SMILES string of the molecule is NCCCC(=O)OCCN1CCN(c2cccc3c2ccn3Cc2ccccc2F)CC1. The highest BCUT2D eigenvalue weighted by molar-refractivity contribution is 5.93. The van der Waals surface area contributed by atoms with Gasteiger partial charge in [-0.1, -0.05) is 24.3 Å². The molecule has 0 unspecified atom stereocenters. The van der Waals surface area contributed by atoms with Crippen molar-refractivity contribution >= 4 is 22.6 Å². The molecule has 1 aliphatic rings. The van der Waals surface area contributed by atoms with E-state index in [2.05, 4.69) is 38.6 Å². The van der Waals surface area contributed by atoms with Crippen molar-refractivity contribution in [3.05, 3.63) is 66.1 Å². The molecule has 0 spiro atoms. The fraction of sp³-hybridized carbons (Fsp3) is 0.400. The number of halogens is 1. The van der Waals surface area contributed by atoms with E-state index in [0.29, 0.717) is 38.1 Å². The Hall–Kier alpha value is -2.90. The smallest absolute Gasteiger partial charge is 0.305 e. The van der Waals surface area contributed by atoms with Gasteiger partial charge in [0.2, 0.25) is 0 Å². The van der Waals surface area contributed by atoms with Gasteiger partial charge in [-0.25, -0.2) is 4.39 Å². The predicted octanol–water partition coefficient (Wildman–Crippen LogP) is 3.23. The number of piperazine rings is 1. The van der Waals surface area contributed by atoms with Crippen LogP contribution in [0, 0.1) is 5.82 Å². The number of carbonyl (C=O) groups is 1. The lowest BCUT2D eigenvalue weighted by atomic mass is 10.1. The molecule has 0 atom stereocenters. The third-order valence-electron chi connectivity index (χ3n) is 6.06. The number of nitrogens with two attached hydrogens (primary N) is 1. The van der Waals surface area contributed by atoms with E-state index in [4.69, 9.17) is 10.5 Å². The van der Waals surface area contributed by atoms with Crippen molar-refractivity contribution in [2.75, 3.05) is 50.8 Å². The van der Waals surface area contributed by atoms with Crippen molar-refractivity contribution in [2.24, 2.45) is 5.73 Å². The number of anilines is 1. The fourth-order valence-corrected chi connectivity index (χ4v) is 4.25. The van der Waals surface area contributed by atoms with E-state index in [-0.39, 0.29) is 11.8 Å². The van der Waals surface area contributed by atoms with Gasteiger partial charge in [-0.3, -0.25) is 9.69 Å². The molecule has 1 saturated heterocycles. The molecule has 2 N–H and O–H groups in total. The van der Waals surface area contributed by atoms with Gasteiger partial charge in [0, 0.05) is 62.0 Å². The molecule has 0 aliphatic carbocycles. The summed E-state index contributed by atoms with van der Waals surface area (Å²) in [5, 5.41) is 1.19. The first kappa shape index (κ1) is 22.3. The largest absolute Gasteiger partial charge is 0.464 e. The van der Waals surface area contributed by atoms with Gasteiger partial charge in [0.1, 0.15) is 12.4 Å². The Labute approximate surface area is 188 Å². The van der Waals surface area contributed by atoms with Crippen LogP contribution in [0.25, 0.3) is 10.9 Å². The van der Waals surface area contributed by atoms with Gasteiger partial charge in [-0.15, -0.1) is 0 Å². The summed E-state index contributed by atoms with van der Waals surface area (Å²) in [4.78, 5) is 16.3. The molecule has 0 radical (unpaired) electrons. The van der Waals surface area contributed by atoms with Crippen molar-refractivity contribution in [1.82, 2.24) is 9.47 Å². The van der Waals surface area contributed by atoms with Crippen molar-refractivity contribution in [2.45, 2.75) is 19.4 Å².